The molecule has 3 nitrogen and oxygen atoms in total. The Morgan fingerprint density at radius 1 is 1.20 bits per heavy atom. The van der Waals surface area contributed by atoms with Crippen LogP contribution in [0.2, 0.25) is 0 Å². The van der Waals surface area contributed by atoms with Gasteiger partial charge < -0.3 is 9.84 Å². The maximum Gasteiger partial charge on any atom is 0.159 e. The van der Waals surface area contributed by atoms with Crippen molar-refractivity contribution in [1.82, 2.24) is 0 Å². The number of phenols is 1. The predicted molar refractivity (Wildman–Crippen MR) is 80.7 cm³/mol. The summed E-state index contributed by atoms with van der Waals surface area (Å²) in [7, 11) is 1.63. The fraction of sp³-hybridized carbons (Fsp3) is 0.188. The molecule has 0 atom stereocenters. The molecule has 0 aromatic heterocycles. The minimum Gasteiger partial charge on any atom is -0.508 e. The van der Waals surface area contributed by atoms with E-state index in [-0.39, 0.29) is 11.5 Å². The largest absolute Gasteiger partial charge is 0.508 e. The quantitative estimate of drug-likeness (QED) is 0.669. The van der Waals surface area contributed by atoms with Gasteiger partial charge in [-0.25, -0.2) is 0 Å². The molecule has 0 aliphatic heterocycles. The number of thioether (sulfide) groups is 1. The second-order valence-corrected chi connectivity index (χ2v) is 5.41. The Bertz CT molecular complexity index is 606. The molecule has 0 bridgehead atoms. The second kappa shape index (κ2) is 6.48. The van der Waals surface area contributed by atoms with Crippen LogP contribution in [0, 0.1) is 0 Å². The molecule has 0 saturated heterocycles. The fourth-order valence-corrected chi connectivity index (χ4v) is 2.64. The third-order valence-corrected chi connectivity index (χ3v) is 4.00. The molecule has 0 heterocycles. The number of Topliss-reactive ketones (excluding diaryl/α,β-unsaturated/α-hetero) is 1. The predicted octanol–water partition coefficient (Wildman–Crippen LogP) is 3.90. The second-order valence-electron chi connectivity index (χ2n) is 4.36. The van der Waals surface area contributed by atoms with E-state index >= 15 is 0 Å². The SMILES string of the molecule is COc1ccc(SCc2cc(C(C)=O)ccc2O)cc1. The molecule has 0 spiro atoms. The smallest absolute Gasteiger partial charge is 0.159 e. The van der Waals surface area contributed by atoms with Crippen LogP contribution in [0.1, 0.15) is 22.8 Å². The van der Waals surface area contributed by atoms with E-state index < -0.39 is 0 Å². The van der Waals surface area contributed by atoms with Crippen LogP contribution in [-0.2, 0) is 5.75 Å². The number of phenolic OH excluding ortho intramolecular Hbond substituents is 1. The highest BCUT2D eigenvalue weighted by Gasteiger charge is 2.06. The van der Waals surface area contributed by atoms with Gasteiger partial charge in [-0.1, -0.05) is 0 Å². The summed E-state index contributed by atoms with van der Waals surface area (Å²) in [4.78, 5) is 12.4. The van der Waals surface area contributed by atoms with Crippen molar-refractivity contribution in [3.8, 4) is 11.5 Å². The van der Waals surface area contributed by atoms with Crippen LogP contribution >= 0.6 is 11.8 Å². The van der Waals surface area contributed by atoms with E-state index in [1.165, 1.54) is 6.92 Å². The molecule has 2 rings (SSSR count). The normalized spacial score (nSPS) is 10.3. The molecule has 0 unspecified atom stereocenters. The van der Waals surface area contributed by atoms with Crippen molar-refractivity contribution in [3.63, 3.8) is 0 Å². The van der Waals surface area contributed by atoms with Gasteiger partial charge in [0.1, 0.15) is 11.5 Å². The minimum atomic E-state index is 0.000646. The maximum absolute atomic E-state index is 11.4. The molecule has 104 valence electrons. The lowest BCUT2D eigenvalue weighted by Crippen LogP contribution is -1.93. The summed E-state index contributed by atoms with van der Waals surface area (Å²) in [6, 6.07) is 12.7. The first-order chi connectivity index (χ1) is 9.60. The first-order valence-corrected chi connectivity index (χ1v) is 7.18. The summed E-state index contributed by atoms with van der Waals surface area (Å²) >= 11 is 1.60. The van der Waals surface area contributed by atoms with Crippen molar-refractivity contribution in [1.29, 1.82) is 0 Å². The molecule has 0 radical (unpaired) electrons. The Hall–Kier alpha value is -1.94. The molecule has 1 N–H and O–H groups in total. The highest BCUT2D eigenvalue weighted by molar-refractivity contribution is 7.98. The van der Waals surface area contributed by atoms with E-state index in [0.29, 0.717) is 11.3 Å². The average molecular weight is 288 g/mol. The van der Waals surface area contributed by atoms with E-state index in [2.05, 4.69) is 0 Å². The zero-order valence-electron chi connectivity index (χ0n) is 11.4. The highest BCUT2D eigenvalue weighted by atomic mass is 32.2. The summed E-state index contributed by atoms with van der Waals surface area (Å²) in [5.74, 6) is 1.65. The van der Waals surface area contributed by atoms with Crippen molar-refractivity contribution >= 4 is 17.5 Å². The standard InChI is InChI=1S/C16H16O3S/c1-11(17)12-3-8-16(18)13(9-12)10-20-15-6-4-14(19-2)5-7-15/h3-9,18H,10H2,1-2H3. The maximum atomic E-state index is 11.4. The van der Waals surface area contributed by atoms with E-state index in [4.69, 9.17) is 4.74 Å². The van der Waals surface area contributed by atoms with Crippen LogP contribution in [0.15, 0.2) is 47.4 Å². The summed E-state index contributed by atoms with van der Waals surface area (Å²) in [6.45, 7) is 1.52. The number of hydrogen-bond donors (Lipinski definition) is 1. The number of carbonyl (C=O) groups is 1. The monoisotopic (exact) mass is 288 g/mol. The first-order valence-electron chi connectivity index (χ1n) is 6.20. The van der Waals surface area contributed by atoms with E-state index in [1.807, 2.05) is 24.3 Å². The Morgan fingerprint density at radius 3 is 2.50 bits per heavy atom. The molecule has 0 fully saturated rings. The van der Waals surface area contributed by atoms with Crippen LogP contribution in [0.4, 0.5) is 0 Å². The average Bonchev–Trinajstić information content (AvgIpc) is 2.46. The number of ether oxygens (including phenoxy) is 1. The lowest BCUT2D eigenvalue weighted by Gasteiger charge is -2.07. The van der Waals surface area contributed by atoms with Gasteiger partial charge in [0.25, 0.3) is 0 Å². The van der Waals surface area contributed by atoms with Crippen molar-refractivity contribution in [2.45, 2.75) is 17.6 Å². The number of ketones is 1. The zero-order valence-corrected chi connectivity index (χ0v) is 12.2. The number of rotatable bonds is 5. The number of carbonyl (C=O) groups excluding carboxylic acids is 1. The van der Waals surface area contributed by atoms with Gasteiger partial charge in [-0.15, -0.1) is 11.8 Å². The summed E-state index contributed by atoms with van der Waals surface area (Å²) < 4.78 is 5.11. The number of benzene rings is 2. The molecule has 0 aliphatic rings. The molecular weight excluding hydrogens is 272 g/mol. The molecule has 2 aromatic rings. The minimum absolute atomic E-state index is 0.000646. The van der Waals surface area contributed by atoms with Crippen molar-refractivity contribution in [2.75, 3.05) is 7.11 Å². The van der Waals surface area contributed by atoms with Gasteiger partial charge in [-0.05, 0) is 49.4 Å². The summed E-state index contributed by atoms with van der Waals surface area (Å²) in [6.07, 6.45) is 0. The Balaban J connectivity index is 2.09. The summed E-state index contributed by atoms with van der Waals surface area (Å²) in [5, 5.41) is 9.83. The number of hydrogen-bond acceptors (Lipinski definition) is 4. The molecule has 0 amide bonds. The third kappa shape index (κ3) is 3.54. The van der Waals surface area contributed by atoms with Gasteiger partial charge in [-0.3, -0.25) is 4.79 Å². The van der Waals surface area contributed by atoms with Crippen LogP contribution in [0.5, 0.6) is 11.5 Å². The zero-order chi connectivity index (χ0) is 14.5. The molecular formula is C16H16O3S. The van der Waals surface area contributed by atoms with Gasteiger partial charge in [0.15, 0.2) is 5.78 Å². The van der Waals surface area contributed by atoms with Crippen molar-refractivity contribution in [2.24, 2.45) is 0 Å². The van der Waals surface area contributed by atoms with Crippen LogP contribution in [0.25, 0.3) is 0 Å². The molecule has 4 heteroatoms. The van der Waals surface area contributed by atoms with Crippen LogP contribution in [0.3, 0.4) is 0 Å². The lowest BCUT2D eigenvalue weighted by molar-refractivity contribution is 0.101. The van der Waals surface area contributed by atoms with Crippen LogP contribution < -0.4 is 4.74 Å². The first kappa shape index (κ1) is 14.5. The Labute approximate surface area is 122 Å². The van der Waals surface area contributed by atoms with Gasteiger partial charge in [0.2, 0.25) is 0 Å². The van der Waals surface area contributed by atoms with Gasteiger partial charge >= 0.3 is 0 Å². The number of aromatic hydroxyl groups is 1. The third-order valence-electron chi connectivity index (χ3n) is 2.94. The van der Waals surface area contributed by atoms with Gasteiger partial charge in [-0.2, -0.15) is 0 Å². The van der Waals surface area contributed by atoms with E-state index in [0.717, 1.165) is 16.2 Å². The van der Waals surface area contributed by atoms with Crippen molar-refractivity contribution in [3.05, 3.63) is 53.6 Å². The fourth-order valence-electron chi connectivity index (χ4n) is 1.75. The van der Waals surface area contributed by atoms with Gasteiger partial charge in [0, 0.05) is 21.8 Å². The van der Waals surface area contributed by atoms with E-state index in [9.17, 15) is 9.90 Å². The Morgan fingerprint density at radius 2 is 1.90 bits per heavy atom. The van der Waals surface area contributed by atoms with Crippen molar-refractivity contribution < 1.29 is 14.6 Å². The number of methoxy groups -OCH3 is 1. The van der Waals surface area contributed by atoms with Gasteiger partial charge in [0.05, 0.1) is 7.11 Å². The molecule has 20 heavy (non-hydrogen) atoms. The van der Waals surface area contributed by atoms with E-state index in [1.54, 1.807) is 37.1 Å². The highest BCUT2D eigenvalue weighted by Crippen LogP contribution is 2.29. The molecule has 0 aliphatic carbocycles. The lowest BCUT2D eigenvalue weighted by atomic mass is 10.1. The molecule has 0 saturated carbocycles. The molecule has 2 aromatic carbocycles. The summed E-state index contributed by atoms with van der Waals surface area (Å²) in [5.41, 5.74) is 1.38. The Kier molecular flexibility index (Phi) is 4.69. The van der Waals surface area contributed by atoms with Crippen LogP contribution in [-0.4, -0.2) is 18.0 Å². The topological polar surface area (TPSA) is 46.5 Å².